The molecule has 0 aliphatic carbocycles. The molecule has 58 heavy (non-hydrogen) atoms. The van der Waals surface area contributed by atoms with Gasteiger partial charge in [-0.05, 0) is 97.4 Å². The maximum atomic E-state index is 2.47. The van der Waals surface area contributed by atoms with Crippen LogP contribution in [0.5, 0.6) is 0 Å². The number of anilines is 3. The van der Waals surface area contributed by atoms with Crippen LogP contribution in [0.1, 0.15) is 0 Å². The summed E-state index contributed by atoms with van der Waals surface area (Å²) in [5.74, 6) is 0. The van der Waals surface area contributed by atoms with Crippen molar-refractivity contribution in [1.29, 1.82) is 0 Å². The van der Waals surface area contributed by atoms with E-state index < -0.39 is 0 Å². The number of rotatable bonds is 7. The van der Waals surface area contributed by atoms with Gasteiger partial charge in [-0.25, -0.2) is 0 Å². The van der Waals surface area contributed by atoms with Crippen molar-refractivity contribution in [3.05, 3.63) is 224 Å². The summed E-state index contributed by atoms with van der Waals surface area (Å²) in [5, 5.41) is 7.58. The van der Waals surface area contributed by atoms with Crippen molar-refractivity contribution in [2.45, 2.75) is 0 Å². The van der Waals surface area contributed by atoms with Crippen LogP contribution in [-0.2, 0) is 0 Å². The molecule has 0 amide bonds. The highest BCUT2D eigenvalue weighted by Gasteiger charge is 2.22. The van der Waals surface area contributed by atoms with Crippen LogP contribution in [0.15, 0.2) is 224 Å². The number of thiophene rings is 1. The highest BCUT2D eigenvalue weighted by molar-refractivity contribution is 7.25. The summed E-state index contributed by atoms with van der Waals surface area (Å²) in [4.78, 5) is 2.47. The maximum absolute atomic E-state index is 2.47. The van der Waals surface area contributed by atoms with E-state index in [-0.39, 0.29) is 0 Å². The lowest BCUT2D eigenvalue weighted by atomic mass is 9.90. The lowest BCUT2D eigenvalue weighted by Gasteiger charge is -2.30. The van der Waals surface area contributed by atoms with Crippen molar-refractivity contribution in [3.8, 4) is 44.5 Å². The fourth-order valence-corrected chi connectivity index (χ4v) is 9.88. The highest BCUT2D eigenvalue weighted by atomic mass is 32.1. The molecule has 0 saturated heterocycles. The van der Waals surface area contributed by atoms with E-state index in [4.69, 9.17) is 0 Å². The highest BCUT2D eigenvalue weighted by Crippen LogP contribution is 2.48. The zero-order valence-corrected chi connectivity index (χ0v) is 32.5. The van der Waals surface area contributed by atoms with E-state index in [1.165, 1.54) is 86.2 Å². The molecule has 1 nitrogen and oxygen atoms in total. The summed E-state index contributed by atoms with van der Waals surface area (Å²) in [6.45, 7) is 0. The quantitative estimate of drug-likeness (QED) is 0.157. The largest absolute Gasteiger partial charge is 0.309 e. The second-order valence-corrected chi connectivity index (χ2v) is 15.9. The smallest absolute Gasteiger partial charge is 0.0540 e. The monoisotopic (exact) mass is 755 g/mol. The van der Waals surface area contributed by atoms with Crippen molar-refractivity contribution in [3.63, 3.8) is 0 Å². The van der Waals surface area contributed by atoms with Crippen LogP contribution < -0.4 is 4.90 Å². The van der Waals surface area contributed by atoms with Gasteiger partial charge in [0.05, 0.1) is 11.4 Å². The van der Waals surface area contributed by atoms with Crippen LogP contribution in [0.3, 0.4) is 0 Å². The Hall–Kier alpha value is -7.26. The maximum Gasteiger partial charge on any atom is 0.0540 e. The molecule has 1 aromatic heterocycles. The molecule has 0 bridgehead atoms. The number of fused-ring (bicyclic) bond motifs is 5. The number of hydrogen-bond donors (Lipinski definition) is 0. The predicted molar refractivity (Wildman–Crippen MR) is 251 cm³/mol. The Balaban J connectivity index is 1.13. The van der Waals surface area contributed by atoms with Gasteiger partial charge in [0, 0.05) is 37.0 Å². The standard InChI is InChI=1S/C56H37NS/c1-3-19-43-38(15-1)17-13-26-44(43)40-31-34-42(35-32-40)57(53-28-10-7-21-46(53)41-33-36-56-52(37-41)51-25-9-12-30-55(51)58-56)54-29-11-8-24-50(54)49-23-6-5-22-48(49)47-27-14-18-39-16-2-4-20-45(39)47/h1-37H. The Bertz CT molecular complexity index is 3290. The van der Waals surface area contributed by atoms with Crippen molar-refractivity contribution in [1.82, 2.24) is 0 Å². The molecule has 0 radical (unpaired) electrons. The number of hydrogen-bond acceptors (Lipinski definition) is 2. The van der Waals surface area contributed by atoms with E-state index in [1.807, 2.05) is 11.3 Å². The van der Waals surface area contributed by atoms with Gasteiger partial charge in [0.2, 0.25) is 0 Å². The second kappa shape index (κ2) is 14.4. The zero-order chi connectivity index (χ0) is 38.4. The van der Waals surface area contributed by atoms with Gasteiger partial charge in [-0.3, -0.25) is 0 Å². The third-order valence-electron chi connectivity index (χ3n) is 11.5. The molecule has 0 saturated carbocycles. The van der Waals surface area contributed by atoms with Gasteiger partial charge in [0.1, 0.15) is 0 Å². The normalized spacial score (nSPS) is 11.4. The first kappa shape index (κ1) is 34.0. The molecule has 11 aromatic rings. The van der Waals surface area contributed by atoms with Gasteiger partial charge in [-0.2, -0.15) is 0 Å². The number of para-hydroxylation sites is 2. The molecule has 0 atom stereocenters. The van der Waals surface area contributed by atoms with Gasteiger partial charge in [0.15, 0.2) is 0 Å². The molecule has 11 rings (SSSR count). The van der Waals surface area contributed by atoms with Crippen LogP contribution in [0, 0.1) is 0 Å². The molecule has 0 N–H and O–H groups in total. The fourth-order valence-electron chi connectivity index (χ4n) is 8.79. The minimum absolute atomic E-state index is 1.09. The lowest BCUT2D eigenvalue weighted by Crippen LogP contribution is -2.12. The molecule has 2 heteroatoms. The average molecular weight is 756 g/mol. The SMILES string of the molecule is c1ccc(-c2cccc3ccccc23)c(-c2ccccc2N(c2ccc(-c3cccc4ccccc34)cc2)c2ccccc2-c2ccc3sc4ccccc4c3c2)c1. The molecular weight excluding hydrogens is 719 g/mol. The Labute approximate surface area is 342 Å². The van der Waals surface area contributed by atoms with Gasteiger partial charge < -0.3 is 4.90 Å². The Morgan fingerprint density at radius 2 is 0.741 bits per heavy atom. The summed E-state index contributed by atoms with van der Waals surface area (Å²) < 4.78 is 2.62. The van der Waals surface area contributed by atoms with Gasteiger partial charge in [-0.15, -0.1) is 11.3 Å². The molecule has 0 fully saturated rings. The molecule has 0 unspecified atom stereocenters. The molecular formula is C56H37NS. The van der Waals surface area contributed by atoms with Crippen LogP contribution in [0.25, 0.3) is 86.2 Å². The van der Waals surface area contributed by atoms with Crippen LogP contribution in [0.4, 0.5) is 17.1 Å². The van der Waals surface area contributed by atoms with Crippen molar-refractivity contribution in [2.24, 2.45) is 0 Å². The zero-order valence-electron chi connectivity index (χ0n) is 31.7. The summed E-state index contributed by atoms with van der Waals surface area (Å²) in [6.07, 6.45) is 0. The minimum atomic E-state index is 1.09. The third-order valence-corrected chi connectivity index (χ3v) is 12.7. The number of nitrogens with zero attached hydrogens (tertiary/aromatic N) is 1. The molecule has 10 aromatic carbocycles. The van der Waals surface area contributed by atoms with E-state index >= 15 is 0 Å². The third kappa shape index (κ3) is 5.86. The molecule has 1 heterocycles. The first-order valence-electron chi connectivity index (χ1n) is 19.8. The van der Waals surface area contributed by atoms with E-state index in [0.717, 1.165) is 17.1 Å². The van der Waals surface area contributed by atoms with Crippen LogP contribution >= 0.6 is 11.3 Å². The molecule has 0 aliphatic heterocycles. The van der Waals surface area contributed by atoms with Crippen LogP contribution in [-0.4, -0.2) is 0 Å². The Morgan fingerprint density at radius 1 is 0.276 bits per heavy atom. The van der Waals surface area contributed by atoms with Gasteiger partial charge >= 0.3 is 0 Å². The molecule has 0 spiro atoms. The predicted octanol–water partition coefficient (Wildman–Crippen LogP) is 16.5. The Kier molecular flexibility index (Phi) is 8.42. The van der Waals surface area contributed by atoms with Gasteiger partial charge in [0.25, 0.3) is 0 Å². The van der Waals surface area contributed by atoms with Crippen molar-refractivity contribution < 1.29 is 0 Å². The van der Waals surface area contributed by atoms with Crippen LogP contribution in [0.2, 0.25) is 0 Å². The molecule has 272 valence electrons. The second-order valence-electron chi connectivity index (χ2n) is 14.8. The summed E-state index contributed by atoms with van der Waals surface area (Å²) in [6, 6.07) is 82.1. The average Bonchev–Trinajstić information content (AvgIpc) is 3.67. The first-order valence-corrected chi connectivity index (χ1v) is 20.7. The van der Waals surface area contributed by atoms with E-state index in [9.17, 15) is 0 Å². The Morgan fingerprint density at radius 3 is 1.47 bits per heavy atom. The fraction of sp³-hybridized carbons (Fsp3) is 0. The first-order chi connectivity index (χ1) is 28.8. The molecule has 0 aliphatic rings. The lowest BCUT2D eigenvalue weighted by molar-refractivity contribution is 1.28. The minimum Gasteiger partial charge on any atom is -0.309 e. The van der Waals surface area contributed by atoms with Crippen molar-refractivity contribution in [2.75, 3.05) is 4.90 Å². The van der Waals surface area contributed by atoms with Gasteiger partial charge in [-0.1, -0.05) is 182 Å². The summed E-state index contributed by atoms with van der Waals surface area (Å²) in [5.41, 5.74) is 12.9. The topological polar surface area (TPSA) is 3.24 Å². The van der Waals surface area contributed by atoms with E-state index in [1.54, 1.807) is 0 Å². The van der Waals surface area contributed by atoms with E-state index in [0.29, 0.717) is 0 Å². The summed E-state index contributed by atoms with van der Waals surface area (Å²) in [7, 11) is 0. The number of benzene rings is 10. The van der Waals surface area contributed by atoms with E-state index in [2.05, 4.69) is 229 Å². The summed E-state index contributed by atoms with van der Waals surface area (Å²) >= 11 is 1.86. The van der Waals surface area contributed by atoms with Crippen molar-refractivity contribution >= 4 is 70.1 Å².